The number of nitrogens with zero attached hydrogens (tertiary/aromatic N) is 1. The van der Waals surface area contributed by atoms with Crippen molar-refractivity contribution in [1.29, 1.82) is 0 Å². The Hall–Kier alpha value is -1.96. The second kappa shape index (κ2) is 5.58. The number of hydrogen-bond acceptors (Lipinski definition) is 2. The Morgan fingerprint density at radius 3 is 2.44 bits per heavy atom. The van der Waals surface area contributed by atoms with Gasteiger partial charge in [-0.1, -0.05) is 38.1 Å². The van der Waals surface area contributed by atoms with Crippen molar-refractivity contribution < 1.29 is 4.79 Å². The van der Waals surface area contributed by atoms with Crippen LogP contribution in [0.25, 0.3) is 0 Å². The monoisotopic (exact) mass is 239 g/mol. The zero-order valence-electron chi connectivity index (χ0n) is 10.8. The van der Waals surface area contributed by atoms with E-state index in [4.69, 9.17) is 0 Å². The van der Waals surface area contributed by atoms with Gasteiger partial charge in [0.15, 0.2) is 6.29 Å². The Labute approximate surface area is 108 Å². The third-order valence-corrected chi connectivity index (χ3v) is 3.01. The van der Waals surface area contributed by atoms with Crippen LogP contribution in [0.4, 0.5) is 0 Å². The predicted octanol–water partition coefficient (Wildman–Crippen LogP) is 3.61. The highest BCUT2D eigenvalue weighted by atomic mass is 16.1. The van der Waals surface area contributed by atoms with E-state index in [0.29, 0.717) is 11.5 Å². The van der Waals surface area contributed by atoms with Crippen LogP contribution in [0.15, 0.2) is 42.7 Å². The molecule has 1 heterocycles. The largest absolute Gasteiger partial charge is 0.298 e. The third kappa shape index (κ3) is 3.04. The van der Waals surface area contributed by atoms with Gasteiger partial charge < -0.3 is 0 Å². The Kier molecular flexibility index (Phi) is 3.88. The van der Waals surface area contributed by atoms with Crippen molar-refractivity contribution in [2.45, 2.75) is 26.2 Å². The van der Waals surface area contributed by atoms with Crippen LogP contribution in [-0.2, 0) is 6.42 Å². The van der Waals surface area contributed by atoms with E-state index in [2.05, 4.69) is 43.1 Å². The van der Waals surface area contributed by atoms with Gasteiger partial charge >= 0.3 is 0 Å². The molecule has 0 aliphatic heterocycles. The van der Waals surface area contributed by atoms with E-state index in [0.717, 1.165) is 18.3 Å². The number of rotatable bonds is 4. The molecule has 1 aromatic carbocycles. The first kappa shape index (κ1) is 12.5. The zero-order chi connectivity index (χ0) is 13.0. The van der Waals surface area contributed by atoms with Crippen molar-refractivity contribution in [3.8, 4) is 0 Å². The van der Waals surface area contributed by atoms with Gasteiger partial charge in [0, 0.05) is 18.0 Å². The van der Waals surface area contributed by atoms with Gasteiger partial charge in [0.1, 0.15) is 0 Å². The third-order valence-electron chi connectivity index (χ3n) is 3.01. The fraction of sp³-hybridized carbons (Fsp3) is 0.250. The molecule has 2 heteroatoms. The predicted molar refractivity (Wildman–Crippen MR) is 73.0 cm³/mol. The minimum absolute atomic E-state index is 0.555. The molecule has 0 saturated carbocycles. The molecular weight excluding hydrogens is 222 g/mol. The van der Waals surface area contributed by atoms with Crippen molar-refractivity contribution in [2.75, 3.05) is 0 Å². The van der Waals surface area contributed by atoms with Crippen molar-refractivity contribution in [2.24, 2.45) is 0 Å². The van der Waals surface area contributed by atoms with Crippen molar-refractivity contribution in [3.63, 3.8) is 0 Å². The fourth-order valence-corrected chi connectivity index (χ4v) is 1.92. The van der Waals surface area contributed by atoms with Crippen LogP contribution in [0.1, 0.15) is 46.8 Å². The van der Waals surface area contributed by atoms with Gasteiger partial charge in [-0.2, -0.15) is 0 Å². The summed E-state index contributed by atoms with van der Waals surface area (Å²) in [7, 11) is 0. The second-order valence-corrected chi connectivity index (χ2v) is 4.82. The van der Waals surface area contributed by atoms with E-state index in [9.17, 15) is 4.79 Å². The molecule has 0 spiro atoms. The first-order valence-electron chi connectivity index (χ1n) is 6.17. The number of aromatic nitrogens is 1. The van der Waals surface area contributed by atoms with Crippen molar-refractivity contribution in [1.82, 2.24) is 4.98 Å². The summed E-state index contributed by atoms with van der Waals surface area (Å²) in [6.07, 6.45) is 5.03. The number of carbonyl (C=O) groups is 1. The first-order chi connectivity index (χ1) is 8.69. The Morgan fingerprint density at radius 2 is 1.83 bits per heavy atom. The lowest BCUT2D eigenvalue weighted by atomic mass is 9.99. The summed E-state index contributed by atoms with van der Waals surface area (Å²) in [5.74, 6) is 0.555. The number of hydrogen-bond donors (Lipinski definition) is 0. The standard InChI is InChI=1S/C16H17NO/c1-12(2)16-5-3-13(4-6-16)7-14-8-15(11-18)10-17-9-14/h3-6,8-12H,7H2,1-2H3. The topological polar surface area (TPSA) is 30.0 Å². The Morgan fingerprint density at radius 1 is 1.11 bits per heavy atom. The molecule has 2 nitrogen and oxygen atoms in total. The summed E-state index contributed by atoms with van der Waals surface area (Å²) >= 11 is 0. The van der Waals surface area contributed by atoms with Crippen LogP contribution in [-0.4, -0.2) is 11.3 Å². The number of pyridine rings is 1. The lowest BCUT2D eigenvalue weighted by Gasteiger charge is -2.07. The van der Waals surface area contributed by atoms with E-state index in [-0.39, 0.29) is 0 Å². The molecular formula is C16H17NO. The van der Waals surface area contributed by atoms with Crippen LogP contribution in [0.5, 0.6) is 0 Å². The molecule has 0 aliphatic carbocycles. The summed E-state index contributed by atoms with van der Waals surface area (Å²) in [6, 6.07) is 10.5. The molecule has 0 aliphatic rings. The van der Waals surface area contributed by atoms with E-state index in [1.165, 1.54) is 11.1 Å². The molecule has 0 fully saturated rings. The minimum atomic E-state index is 0.555. The number of aldehydes is 1. The first-order valence-corrected chi connectivity index (χ1v) is 6.17. The summed E-state index contributed by atoms with van der Waals surface area (Å²) in [4.78, 5) is 14.8. The second-order valence-electron chi connectivity index (χ2n) is 4.82. The minimum Gasteiger partial charge on any atom is -0.298 e. The van der Waals surface area contributed by atoms with Gasteiger partial charge in [-0.25, -0.2) is 0 Å². The van der Waals surface area contributed by atoms with Crippen LogP contribution in [0.2, 0.25) is 0 Å². The SMILES string of the molecule is CC(C)c1ccc(Cc2cncc(C=O)c2)cc1. The quantitative estimate of drug-likeness (QED) is 0.763. The molecule has 2 rings (SSSR count). The molecule has 1 aromatic heterocycles. The summed E-state index contributed by atoms with van der Waals surface area (Å²) in [5.41, 5.74) is 4.28. The van der Waals surface area contributed by atoms with Crippen LogP contribution < -0.4 is 0 Å². The molecule has 0 amide bonds. The maximum atomic E-state index is 10.7. The molecule has 0 bridgehead atoms. The maximum absolute atomic E-state index is 10.7. The van der Waals surface area contributed by atoms with Crippen LogP contribution in [0, 0.1) is 0 Å². The highest BCUT2D eigenvalue weighted by molar-refractivity contribution is 5.74. The fourth-order valence-electron chi connectivity index (χ4n) is 1.92. The van der Waals surface area contributed by atoms with Crippen molar-refractivity contribution in [3.05, 3.63) is 65.0 Å². The summed E-state index contributed by atoms with van der Waals surface area (Å²) < 4.78 is 0. The lowest BCUT2D eigenvalue weighted by molar-refractivity contribution is 0.112. The zero-order valence-corrected chi connectivity index (χ0v) is 10.8. The Balaban J connectivity index is 2.15. The Bertz CT molecular complexity index is 529. The summed E-state index contributed by atoms with van der Waals surface area (Å²) in [5, 5.41) is 0. The maximum Gasteiger partial charge on any atom is 0.151 e. The van der Waals surface area contributed by atoms with E-state index in [1.807, 2.05) is 12.3 Å². The molecule has 0 saturated heterocycles. The van der Waals surface area contributed by atoms with Crippen LogP contribution in [0.3, 0.4) is 0 Å². The van der Waals surface area contributed by atoms with E-state index < -0.39 is 0 Å². The van der Waals surface area contributed by atoms with Gasteiger partial charge in [-0.05, 0) is 35.1 Å². The summed E-state index contributed by atoms with van der Waals surface area (Å²) in [6.45, 7) is 4.37. The average Bonchev–Trinajstić information content (AvgIpc) is 2.39. The van der Waals surface area contributed by atoms with Crippen LogP contribution >= 0.6 is 0 Å². The smallest absolute Gasteiger partial charge is 0.151 e. The van der Waals surface area contributed by atoms with Gasteiger partial charge in [-0.3, -0.25) is 9.78 Å². The normalized spacial score (nSPS) is 10.6. The van der Waals surface area contributed by atoms with Gasteiger partial charge in [0.05, 0.1) is 0 Å². The molecule has 0 radical (unpaired) electrons. The molecule has 0 unspecified atom stereocenters. The number of carbonyl (C=O) groups excluding carboxylic acids is 1. The number of benzene rings is 1. The van der Waals surface area contributed by atoms with Gasteiger partial charge in [0.25, 0.3) is 0 Å². The molecule has 0 atom stereocenters. The molecule has 0 N–H and O–H groups in total. The van der Waals surface area contributed by atoms with Crippen molar-refractivity contribution >= 4 is 6.29 Å². The molecule has 2 aromatic rings. The van der Waals surface area contributed by atoms with E-state index in [1.54, 1.807) is 6.20 Å². The highest BCUT2D eigenvalue weighted by Gasteiger charge is 2.01. The highest BCUT2D eigenvalue weighted by Crippen LogP contribution is 2.16. The lowest BCUT2D eigenvalue weighted by Crippen LogP contribution is -1.93. The van der Waals surface area contributed by atoms with Gasteiger partial charge in [-0.15, -0.1) is 0 Å². The average molecular weight is 239 g/mol. The van der Waals surface area contributed by atoms with Gasteiger partial charge in [0.2, 0.25) is 0 Å². The van der Waals surface area contributed by atoms with E-state index >= 15 is 0 Å². The molecule has 92 valence electrons. The molecule has 18 heavy (non-hydrogen) atoms.